The Morgan fingerprint density at radius 1 is 1.17 bits per heavy atom. The summed E-state index contributed by atoms with van der Waals surface area (Å²) in [5, 5.41) is 8.36. The number of methoxy groups -OCH3 is 1. The van der Waals surface area contributed by atoms with Gasteiger partial charge in [0.1, 0.15) is 5.75 Å². The van der Waals surface area contributed by atoms with Gasteiger partial charge in [0, 0.05) is 11.6 Å². The molecule has 2 aromatic rings. The van der Waals surface area contributed by atoms with Crippen LogP contribution in [0.25, 0.3) is 0 Å². The van der Waals surface area contributed by atoms with E-state index < -0.39 is 0 Å². The van der Waals surface area contributed by atoms with E-state index in [-0.39, 0.29) is 5.41 Å². The van der Waals surface area contributed by atoms with Gasteiger partial charge in [-0.3, -0.25) is 0 Å². The van der Waals surface area contributed by atoms with E-state index in [9.17, 15) is 0 Å². The van der Waals surface area contributed by atoms with Crippen LogP contribution in [-0.2, 0) is 12.0 Å². The SMILES string of the molecule is COc1ccc(Cn2cc(C(C)(C)C)nn2)cc1. The molecule has 0 radical (unpaired) electrons. The standard InChI is InChI=1S/C14H19N3O/c1-14(2,3)13-10-17(16-15-13)9-11-5-7-12(18-4)8-6-11/h5-8,10H,9H2,1-4H3. The molecule has 0 aliphatic carbocycles. The minimum absolute atomic E-state index is 0.0398. The van der Waals surface area contributed by atoms with E-state index in [2.05, 4.69) is 31.1 Å². The maximum Gasteiger partial charge on any atom is 0.118 e. The molecule has 1 heterocycles. The Balaban J connectivity index is 2.11. The van der Waals surface area contributed by atoms with Crippen LogP contribution in [0.15, 0.2) is 30.5 Å². The highest BCUT2D eigenvalue weighted by atomic mass is 16.5. The molecule has 0 saturated heterocycles. The summed E-state index contributed by atoms with van der Waals surface area (Å²) in [4.78, 5) is 0. The summed E-state index contributed by atoms with van der Waals surface area (Å²) in [6.07, 6.45) is 2.00. The van der Waals surface area contributed by atoms with Crippen molar-refractivity contribution in [2.45, 2.75) is 32.7 Å². The number of benzene rings is 1. The lowest BCUT2D eigenvalue weighted by molar-refractivity contribution is 0.414. The van der Waals surface area contributed by atoms with E-state index in [1.165, 1.54) is 5.56 Å². The maximum atomic E-state index is 5.13. The number of aromatic nitrogens is 3. The molecular formula is C14H19N3O. The number of ether oxygens (including phenoxy) is 1. The second-order valence-corrected chi connectivity index (χ2v) is 5.40. The summed E-state index contributed by atoms with van der Waals surface area (Å²) >= 11 is 0. The van der Waals surface area contributed by atoms with Gasteiger partial charge in [0.15, 0.2) is 0 Å². The Labute approximate surface area is 108 Å². The number of hydrogen-bond acceptors (Lipinski definition) is 3. The zero-order valence-electron chi connectivity index (χ0n) is 11.3. The molecule has 1 aromatic heterocycles. The average Bonchev–Trinajstić information content (AvgIpc) is 2.78. The molecule has 0 aliphatic rings. The highest BCUT2D eigenvalue weighted by Crippen LogP contribution is 2.19. The van der Waals surface area contributed by atoms with Crippen LogP contribution in [0.2, 0.25) is 0 Å². The van der Waals surface area contributed by atoms with Crippen LogP contribution >= 0.6 is 0 Å². The molecule has 0 saturated carbocycles. The van der Waals surface area contributed by atoms with E-state index in [0.29, 0.717) is 0 Å². The first-order chi connectivity index (χ1) is 8.49. The fraction of sp³-hybridized carbons (Fsp3) is 0.429. The van der Waals surface area contributed by atoms with Crippen LogP contribution in [-0.4, -0.2) is 22.1 Å². The van der Waals surface area contributed by atoms with Crippen molar-refractivity contribution in [1.29, 1.82) is 0 Å². The molecule has 0 atom stereocenters. The summed E-state index contributed by atoms with van der Waals surface area (Å²) in [5.41, 5.74) is 2.23. The number of hydrogen-bond donors (Lipinski definition) is 0. The summed E-state index contributed by atoms with van der Waals surface area (Å²) < 4.78 is 7.00. The first-order valence-corrected chi connectivity index (χ1v) is 6.02. The fourth-order valence-corrected chi connectivity index (χ4v) is 1.64. The second-order valence-electron chi connectivity index (χ2n) is 5.40. The Kier molecular flexibility index (Phi) is 3.36. The normalized spacial score (nSPS) is 11.6. The Morgan fingerprint density at radius 3 is 2.33 bits per heavy atom. The average molecular weight is 245 g/mol. The second kappa shape index (κ2) is 4.80. The van der Waals surface area contributed by atoms with Gasteiger partial charge in [0.25, 0.3) is 0 Å². The molecule has 0 N–H and O–H groups in total. The van der Waals surface area contributed by atoms with Gasteiger partial charge >= 0.3 is 0 Å². The molecule has 4 nitrogen and oxygen atoms in total. The third-order valence-electron chi connectivity index (χ3n) is 2.81. The van der Waals surface area contributed by atoms with Crippen molar-refractivity contribution < 1.29 is 4.74 Å². The predicted octanol–water partition coefficient (Wildman–Crippen LogP) is 2.63. The number of rotatable bonds is 3. The van der Waals surface area contributed by atoms with E-state index in [4.69, 9.17) is 4.74 Å². The van der Waals surface area contributed by atoms with Crippen LogP contribution in [0.4, 0.5) is 0 Å². The molecule has 4 heteroatoms. The lowest BCUT2D eigenvalue weighted by Gasteiger charge is -2.12. The van der Waals surface area contributed by atoms with Gasteiger partial charge in [0.05, 0.1) is 19.3 Å². The maximum absolute atomic E-state index is 5.13. The molecule has 18 heavy (non-hydrogen) atoms. The van der Waals surface area contributed by atoms with Gasteiger partial charge in [-0.15, -0.1) is 5.10 Å². The molecule has 1 aromatic carbocycles. The first kappa shape index (κ1) is 12.6. The minimum Gasteiger partial charge on any atom is -0.497 e. The van der Waals surface area contributed by atoms with Crippen molar-refractivity contribution >= 4 is 0 Å². The summed E-state index contributed by atoms with van der Waals surface area (Å²) in [6, 6.07) is 7.99. The van der Waals surface area contributed by atoms with Gasteiger partial charge in [-0.05, 0) is 17.7 Å². The Bertz CT molecular complexity index is 509. The smallest absolute Gasteiger partial charge is 0.118 e. The van der Waals surface area contributed by atoms with Gasteiger partial charge in [-0.2, -0.15) is 0 Å². The molecule has 96 valence electrons. The Morgan fingerprint density at radius 2 is 1.83 bits per heavy atom. The van der Waals surface area contributed by atoms with Gasteiger partial charge in [0.2, 0.25) is 0 Å². The van der Waals surface area contributed by atoms with Crippen LogP contribution in [0.1, 0.15) is 32.0 Å². The van der Waals surface area contributed by atoms with E-state index in [0.717, 1.165) is 18.0 Å². The molecule has 0 aliphatic heterocycles. The van der Waals surface area contributed by atoms with Gasteiger partial charge in [-0.1, -0.05) is 38.1 Å². The molecular weight excluding hydrogens is 226 g/mol. The van der Waals surface area contributed by atoms with Crippen LogP contribution in [0.3, 0.4) is 0 Å². The van der Waals surface area contributed by atoms with Crippen molar-refractivity contribution in [2.75, 3.05) is 7.11 Å². The van der Waals surface area contributed by atoms with Crippen LogP contribution < -0.4 is 4.74 Å². The monoisotopic (exact) mass is 245 g/mol. The molecule has 0 spiro atoms. The molecule has 0 amide bonds. The zero-order chi connectivity index (χ0) is 13.2. The summed E-state index contributed by atoms with van der Waals surface area (Å²) in [6.45, 7) is 7.13. The van der Waals surface area contributed by atoms with Crippen LogP contribution in [0, 0.1) is 0 Å². The van der Waals surface area contributed by atoms with E-state index in [1.807, 2.05) is 35.1 Å². The lowest BCUT2D eigenvalue weighted by Crippen LogP contribution is -2.11. The topological polar surface area (TPSA) is 39.9 Å². The largest absolute Gasteiger partial charge is 0.497 e. The van der Waals surface area contributed by atoms with E-state index >= 15 is 0 Å². The van der Waals surface area contributed by atoms with Crippen molar-refractivity contribution in [1.82, 2.24) is 15.0 Å². The van der Waals surface area contributed by atoms with Crippen molar-refractivity contribution in [2.24, 2.45) is 0 Å². The third-order valence-corrected chi connectivity index (χ3v) is 2.81. The van der Waals surface area contributed by atoms with Crippen molar-refractivity contribution in [3.05, 3.63) is 41.7 Å². The molecule has 2 rings (SSSR count). The summed E-state index contributed by atoms with van der Waals surface area (Å²) in [7, 11) is 1.67. The fourth-order valence-electron chi connectivity index (χ4n) is 1.64. The minimum atomic E-state index is 0.0398. The molecule has 0 unspecified atom stereocenters. The van der Waals surface area contributed by atoms with Crippen molar-refractivity contribution in [3.63, 3.8) is 0 Å². The third kappa shape index (κ3) is 2.88. The van der Waals surface area contributed by atoms with E-state index in [1.54, 1.807) is 7.11 Å². The summed E-state index contributed by atoms with van der Waals surface area (Å²) in [5.74, 6) is 0.868. The van der Waals surface area contributed by atoms with Crippen molar-refractivity contribution in [3.8, 4) is 5.75 Å². The first-order valence-electron chi connectivity index (χ1n) is 6.02. The number of nitrogens with zero attached hydrogens (tertiary/aromatic N) is 3. The quantitative estimate of drug-likeness (QED) is 0.834. The highest BCUT2D eigenvalue weighted by molar-refractivity contribution is 5.27. The lowest BCUT2D eigenvalue weighted by atomic mass is 9.93. The van der Waals surface area contributed by atoms with Crippen LogP contribution in [0.5, 0.6) is 5.75 Å². The predicted molar refractivity (Wildman–Crippen MR) is 70.8 cm³/mol. The Hall–Kier alpha value is -1.84. The molecule has 0 bridgehead atoms. The zero-order valence-corrected chi connectivity index (χ0v) is 11.3. The highest BCUT2D eigenvalue weighted by Gasteiger charge is 2.17. The van der Waals surface area contributed by atoms with Gasteiger partial charge < -0.3 is 4.74 Å². The molecule has 0 fully saturated rings. The van der Waals surface area contributed by atoms with Gasteiger partial charge in [-0.25, -0.2) is 4.68 Å².